The number of likely N-dealkylation sites (N-methyl/N-ethyl adjacent to an activating group) is 1. The molecule has 0 bridgehead atoms. The number of amides is 3. The zero-order chi connectivity index (χ0) is 23.1. The third-order valence-corrected chi connectivity index (χ3v) is 4.46. The lowest BCUT2D eigenvalue weighted by molar-refractivity contribution is -0.154. The SMILES string of the molecule is CC(=O)N1C[C@H](N(C)OS(=O)(=O)O)CC[C@H]1C(=O)NOCCNC(=O)OC(C)(C)C. The number of carbonyl (C=O) groups is 3. The molecule has 0 unspecified atom stereocenters. The zero-order valence-electron chi connectivity index (χ0n) is 17.7. The molecule has 1 fully saturated rings. The fourth-order valence-corrected chi connectivity index (χ4v) is 3.21. The summed E-state index contributed by atoms with van der Waals surface area (Å²) in [6.45, 7) is 6.54. The molecule has 1 heterocycles. The molecule has 0 aromatic rings. The molecular weight excluding hydrogens is 424 g/mol. The molecule has 0 aromatic carbocycles. The maximum Gasteiger partial charge on any atom is 0.413 e. The molecule has 2 atom stereocenters. The highest BCUT2D eigenvalue weighted by molar-refractivity contribution is 7.80. The summed E-state index contributed by atoms with van der Waals surface area (Å²) in [7, 11) is -3.39. The first-order valence-corrected chi connectivity index (χ1v) is 10.6. The second-order valence-electron chi connectivity index (χ2n) is 7.71. The highest BCUT2D eigenvalue weighted by Crippen LogP contribution is 2.22. The van der Waals surface area contributed by atoms with Crippen molar-refractivity contribution in [2.24, 2.45) is 0 Å². The van der Waals surface area contributed by atoms with Crippen LogP contribution in [0.25, 0.3) is 0 Å². The molecule has 0 radical (unpaired) electrons. The molecule has 3 N–H and O–H groups in total. The van der Waals surface area contributed by atoms with Crippen molar-refractivity contribution in [2.75, 3.05) is 26.7 Å². The predicted molar refractivity (Wildman–Crippen MR) is 103 cm³/mol. The van der Waals surface area contributed by atoms with E-state index in [-0.39, 0.29) is 26.1 Å². The van der Waals surface area contributed by atoms with Crippen LogP contribution < -0.4 is 10.8 Å². The van der Waals surface area contributed by atoms with Crippen LogP contribution in [-0.2, 0) is 33.8 Å². The Bertz CT molecular complexity index is 723. The molecule has 1 aliphatic rings. The highest BCUT2D eigenvalue weighted by Gasteiger charge is 2.37. The summed E-state index contributed by atoms with van der Waals surface area (Å²) < 4.78 is 39.9. The van der Waals surface area contributed by atoms with E-state index < -0.39 is 46.0 Å². The molecule has 13 nitrogen and oxygen atoms in total. The van der Waals surface area contributed by atoms with Gasteiger partial charge in [0.25, 0.3) is 5.91 Å². The van der Waals surface area contributed by atoms with Crippen molar-refractivity contribution in [3.63, 3.8) is 0 Å². The molecule has 14 heteroatoms. The number of nitrogens with zero attached hydrogens (tertiary/aromatic N) is 2. The van der Waals surface area contributed by atoms with Crippen LogP contribution in [0.5, 0.6) is 0 Å². The molecule has 0 aromatic heterocycles. The van der Waals surface area contributed by atoms with Gasteiger partial charge in [-0.3, -0.25) is 19.0 Å². The van der Waals surface area contributed by atoms with Crippen LogP contribution in [0.3, 0.4) is 0 Å². The first-order chi connectivity index (χ1) is 13.7. The van der Waals surface area contributed by atoms with Crippen molar-refractivity contribution in [2.45, 2.75) is 58.2 Å². The first-order valence-electron chi connectivity index (χ1n) is 9.25. The van der Waals surface area contributed by atoms with Gasteiger partial charge < -0.3 is 15.0 Å². The van der Waals surface area contributed by atoms with Gasteiger partial charge in [0.15, 0.2) is 0 Å². The van der Waals surface area contributed by atoms with Gasteiger partial charge in [-0.1, -0.05) is 0 Å². The van der Waals surface area contributed by atoms with Gasteiger partial charge in [0.1, 0.15) is 11.6 Å². The van der Waals surface area contributed by atoms with Crippen LogP contribution in [0.1, 0.15) is 40.5 Å². The Morgan fingerprint density at radius 2 is 1.87 bits per heavy atom. The van der Waals surface area contributed by atoms with Gasteiger partial charge in [0.2, 0.25) is 5.91 Å². The number of hydrogen-bond donors (Lipinski definition) is 3. The lowest BCUT2D eigenvalue weighted by Gasteiger charge is -2.40. The maximum absolute atomic E-state index is 12.4. The van der Waals surface area contributed by atoms with Gasteiger partial charge in [0.05, 0.1) is 12.6 Å². The van der Waals surface area contributed by atoms with Gasteiger partial charge >= 0.3 is 16.5 Å². The lowest BCUT2D eigenvalue weighted by atomic mass is 9.97. The predicted octanol–water partition coefficient (Wildman–Crippen LogP) is -0.395. The largest absolute Gasteiger partial charge is 0.444 e. The van der Waals surface area contributed by atoms with Crippen LogP contribution in [-0.4, -0.2) is 85.3 Å². The minimum atomic E-state index is -4.69. The van der Waals surface area contributed by atoms with Crippen LogP contribution >= 0.6 is 0 Å². The molecule has 1 saturated heterocycles. The number of alkyl carbamates (subject to hydrolysis) is 1. The number of piperidine rings is 1. The molecule has 1 aliphatic heterocycles. The Morgan fingerprint density at radius 1 is 1.23 bits per heavy atom. The van der Waals surface area contributed by atoms with Crippen LogP contribution in [0.15, 0.2) is 0 Å². The Balaban J connectivity index is 2.48. The molecule has 174 valence electrons. The van der Waals surface area contributed by atoms with E-state index in [1.165, 1.54) is 18.9 Å². The Hall–Kier alpha value is -2.00. The zero-order valence-corrected chi connectivity index (χ0v) is 18.5. The molecule has 3 amide bonds. The van der Waals surface area contributed by atoms with Gasteiger partial charge in [-0.15, -0.1) is 0 Å². The van der Waals surface area contributed by atoms with E-state index in [1.807, 2.05) is 0 Å². The van der Waals surface area contributed by atoms with Crippen LogP contribution in [0.4, 0.5) is 4.79 Å². The summed E-state index contributed by atoms with van der Waals surface area (Å²) in [6, 6.07) is -1.37. The normalized spacial score (nSPS) is 20.0. The Labute approximate surface area is 175 Å². The first kappa shape index (κ1) is 26.0. The van der Waals surface area contributed by atoms with Gasteiger partial charge in [-0.25, -0.2) is 10.3 Å². The second kappa shape index (κ2) is 10.9. The van der Waals surface area contributed by atoms with Gasteiger partial charge in [-0.2, -0.15) is 17.8 Å². The number of hydrogen-bond acceptors (Lipinski definition) is 9. The van der Waals surface area contributed by atoms with E-state index in [2.05, 4.69) is 15.1 Å². The summed E-state index contributed by atoms with van der Waals surface area (Å²) in [5, 5.41) is 3.39. The van der Waals surface area contributed by atoms with E-state index in [0.29, 0.717) is 6.42 Å². The topological polar surface area (TPSA) is 164 Å². The number of ether oxygens (including phenoxy) is 1. The number of hydroxylamine groups is 3. The highest BCUT2D eigenvalue weighted by atomic mass is 32.3. The van der Waals surface area contributed by atoms with Crippen molar-refractivity contribution in [3.05, 3.63) is 0 Å². The average Bonchev–Trinajstić information content (AvgIpc) is 2.57. The van der Waals surface area contributed by atoms with E-state index in [1.54, 1.807) is 20.8 Å². The Morgan fingerprint density at radius 3 is 2.40 bits per heavy atom. The van der Waals surface area contributed by atoms with Crippen LogP contribution in [0.2, 0.25) is 0 Å². The van der Waals surface area contributed by atoms with Crippen molar-refractivity contribution < 1.29 is 41.2 Å². The summed E-state index contributed by atoms with van der Waals surface area (Å²) in [5.74, 6) is -0.953. The molecular formula is C16H30N4O9S. The smallest absolute Gasteiger partial charge is 0.413 e. The fraction of sp³-hybridized carbons (Fsp3) is 0.812. The fourth-order valence-electron chi connectivity index (χ4n) is 2.79. The van der Waals surface area contributed by atoms with Crippen LogP contribution in [0, 0.1) is 0 Å². The molecule has 0 spiro atoms. The summed E-state index contributed by atoms with van der Waals surface area (Å²) in [4.78, 5) is 42.1. The van der Waals surface area contributed by atoms with E-state index >= 15 is 0 Å². The standard InChI is InChI=1S/C16H30N4O9S/c1-11(21)20-10-12(19(5)29-30(24,25)26)6-7-13(20)14(22)18-27-9-8-17-15(23)28-16(2,3)4/h12-13H,6-10H2,1-5H3,(H,17,23)(H,18,22)(H,24,25,26)/t12-,13+/m1/s1. The quantitative estimate of drug-likeness (QED) is 0.250. The van der Waals surface area contributed by atoms with Gasteiger partial charge in [-0.05, 0) is 33.6 Å². The maximum atomic E-state index is 12.4. The minimum Gasteiger partial charge on any atom is -0.444 e. The molecule has 0 saturated carbocycles. The van der Waals surface area contributed by atoms with Crippen molar-refractivity contribution in [1.29, 1.82) is 0 Å². The summed E-state index contributed by atoms with van der Waals surface area (Å²) in [5.41, 5.74) is 1.61. The number of rotatable bonds is 8. The summed E-state index contributed by atoms with van der Waals surface area (Å²) in [6.07, 6.45) is -0.0715. The average molecular weight is 455 g/mol. The minimum absolute atomic E-state index is 0.0135. The lowest BCUT2D eigenvalue weighted by Crippen LogP contribution is -2.57. The molecule has 30 heavy (non-hydrogen) atoms. The molecule has 1 rings (SSSR count). The monoisotopic (exact) mass is 454 g/mol. The van der Waals surface area contributed by atoms with E-state index in [9.17, 15) is 22.8 Å². The van der Waals surface area contributed by atoms with Gasteiger partial charge in [0, 0.05) is 27.1 Å². The summed E-state index contributed by atoms with van der Waals surface area (Å²) >= 11 is 0. The van der Waals surface area contributed by atoms with Crippen molar-refractivity contribution in [3.8, 4) is 0 Å². The second-order valence-corrected chi connectivity index (χ2v) is 8.71. The molecule has 0 aliphatic carbocycles. The van der Waals surface area contributed by atoms with E-state index in [4.69, 9.17) is 14.1 Å². The number of likely N-dealkylation sites (tertiary alicyclic amines) is 1. The third kappa shape index (κ3) is 9.67. The van der Waals surface area contributed by atoms with Crippen molar-refractivity contribution >= 4 is 28.3 Å². The third-order valence-electron chi connectivity index (χ3n) is 4.04. The Kier molecular flexibility index (Phi) is 9.42. The van der Waals surface area contributed by atoms with Crippen molar-refractivity contribution in [1.82, 2.24) is 20.8 Å². The van der Waals surface area contributed by atoms with E-state index in [0.717, 1.165) is 5.06 Å². The number of nitrogens with one attached hydrogen (secondary N) is 2. The number of carbonyl (C=O) groups excluding carboxylic acids is 3.